The zero-order valence-corrected chi connectivity index (χ0v) is 22.2. The lowest BCUT2D eigenvalue weighted by molar-refractivity contribution is -0.137. The van der Waals surface area contributed by atoms with Crippen LogP contribution in [0.5, 0.6) is 5.75 Å². The number of benzene rings is 3. The summed E-state index contributed by atoms with van der Waals surface area (Å²) in [6, 6.07) is 18.4. The number of nitrogens with zero attached hydrogens (tertiary/aromatic N) is 2. The van der Waals surface area contributed by atoms with Crippen LogP contribution >= 0.6 is 0 Å². The predicted molar refractivity (Wildman–Crippen MR) is 149 cm³/mol. The predicted octanol–water partition coefficient (Wildman–Crippen LogP) is 4.98. The first-order chi connectivity index (χ1) is 17.7. The smallest absolute Gasteiger partial charge is 0.304 e. The van der Waals surface area contributed by atoms with E-state index in [-0.39, 0.29) is 18.4 Å². The highest BCUT2D eigenvalue weighted by Gasteiger charge is 2.25. The third-order valence-electron chi connectivity index (χ3n) is 7.41. The molecule has 0 radical (unpaired) electrons. The van der Waals surface area contributed by atoms with Gasteiger partial charge in [-0.15, -0.1) is 0 Å². The molecule has 1 heterocycles. The van der Waals surface area contributed by atoms with Gasteiger partial charge < -0.3 is 20.6 Å². The summed E-state index contributed by atoms with van der Waals surface area (Å²) in [6.07, 6.45) is 1.03. The maximum atomic E-state index is 11.9. The second-order valence-electron chi connectivity index (χ2n) is 10.1. The van der Waals surface area contributed by atoms with Crippen LogP contribution in [0.3, 0.4) is 0 Å². The van der Waals surface area contributed by atoms with Crippen LogP contribution in [-0.2, 0) is 17.9 Å². The molecule has 7 heteroatoms. The van der Waals surface area contributed by atoms with Gasteiger partial charge in [-0.1, -0.05) is 49.4 Å². The average Bonchev–Trinajstić information content (AvgIpc) is 3.04. The number of rotatable bonds is 8. The summed E-state index contributed by atoms with van der Waals surface area (Å²) in [4.78, 5) is 14.4. The van der Waals surface area contributed by atoms with Crippen LogP contribution in [0.25, 0.3) is 0 Å². The Kier molecular flexibility index (Phi) is 8.05. The van der Waals surface area contributed by atoms with Crippen LogP contribution in [-0.4, -0.2) is 35.7 Å². The molecular formula is C30H38N4O3. The fraction of sp³-hybridized carbons (Fsp3) is 0.367. The number of nitrogens with two attached hydrogens (primary N) is 2. The minimum atomic E-state index is -0.850. The first-order valence-corrected chi connectivity index (χ1v) is 12.8. The largest absolute Gasteiger partial charge is 0.489 e. The third kappa shape index (κ3) is 5.89. The van der Waals surface area contributed by atoms with Crippen molar-refractivity contribution in [3.63, 3.8) is 0 Å². The number of carbonyl (C=O) groups is 1. The van der Waals surface area contributed by atoms with E-state index in [2.05, 4.69) is 43.0 Å². The highest BCUT2D eigenvalue weighted by atomic mass is 16.5. The van der Waals surface area contributed by atoms with E-state index in [1.54, 1.807) is 7.05 Å². The van der Waals surface area contributed by atoms with Crippen molar-refractivity contribution in [1.82, 2.24) is 4.90 Å². The number of aryl methyl sites for hydroxylation is 1. The molecule has 0 aliphatic carbocycles. The van der Waals surface area contributed by atoms with E-state index in [0.717, 1.165) is 48.5 Å². The summed E-state index contributed by atoms with van der Waals surface area (Å²) in [5, 5.41) is 11.3. The number of aliphatic carboxylic acids is 1. The lowest BCUT2D eigenvalue weighted by Gasteiger charge is -2.26. The lowest BCUT2D eigenvalue weighted by Crippen LogP contribution is -2.32. The van der Waals surface area contributed by atoms with Gasteiger partial charge in [-0.25, -0.2) is 5.84 Å². The Balaban J connectivity index is 1.69. The molecule has 0 spiro atoms. The number of nitrogen functional groups attached to an aromatic ring is 1. The van der Waals surface area contributed by atoms with Crippen molar-refractivity contribution in [3.8, 4) is 5.75 Å². The van der Waals surface area contributed by atoms with Gasteiger partial charge in [-0.3, -0.25) is 9.69 Å². The molecule has 0 saturated carbocycles. The lowest BCUT2D eigenvalue weighted by atomic mass is 9.84. The van der Waals surface area contributed by atoms with Crippen molar-refractivity contribution in [3.05, 3.63) is 88.0 Å². The summed E-state index contributed by atoms with van der Waals surface area (Å²) in [6.45, 7) is 8.59. The molecule has 0 fully saturated rings. The van der Waals surface area contributed by atoms with Gasteiger partial charge in [0.2, 0.25) is 0 Å². The van der Waals surface area contributed by atoms with Gasteiger partial charge in [0.05, 0.1) is 17.8 Å². The van der Waals surface area contributed by atoms with E-state index in [1.807, 2.05) is 37.3 Å². The number of carboxylic acids is 1. The Labute approximate surface area is 219 Å². The molecular weight excluding hydrogens is 464 g/mol. The first kappa shape index (κ1) is 26.5. The summed E-state index contributed by atoms with van der Waals surface area (Å²) < 4.78 is 6.29. The molecule has 2 unspecified atom stereocenters. The Bertz CT molecular complexity index is 1270. The van der Waals surface area contributed by atoms with E-state index in [9.17, 15) is 9.90 Å². The fourth-order valence-electron chi connectivity index (χ4n) is 5.21. The monoisotopic (exact) mass is 502 g/mol. The maximum Gasteiger partial charge on any atom is 0.304 e. The number of anilines is 2. The third-order valence-corrected chi connectivity index (χ3v) is 7.41. The molecule has 0 saturated heterocycles. The minimum Gasteiger partial charge on any atom is -0.489 e. The number of para-hydroxylation sites is 1. The van der Waals surface area contributed by atoms with Crippen LogP contribution in [0, 0.1) is 13.8 Å². The molecule has 3 aromatic rings. The van der Waals surface area contributed by atoms with Crippen molar-refractivity contribution in [2.75, 3.05) is 24.3 Å². The molecule has 4 rings (SSSR count). The number of hydrogen-bond donors (Lipinski definition) is 3. The van der Waals surface area contributed by atoms with E-state index >= 15 is 0 Å². The Morgan fingerprint density at radius 2 is 1.95 bits per heavy atom. The quantitative estimate of drug-likeness (QED) is 0.227. The van der Waals surface area contributed by atoms with Crippen molar-refractivity contribution in [1.29, 1.82) is 0 Å². The topological polar surface area (TPSA) is 105 Å². The number of fused-ring (bicyclic) bond motifs is 1. The van der Waals surface area contributed by atoms with Crippen molar-refractivity contribution < 1.29 is 14.6 Å². The number of hydrazine groups is 1. The molecule has 196 valence electrons. The van der Waals surface area contributed by atoms with Crippen LogP contribution in [0.1, 0.15) is 59.1 Å². The normalized spacial score (nSPS) is 16.4. The van der Waals surface area contributed by atoms with Gasteiger partial charge in [-0.05, 0) is 60.2 Å². The average molecular weight is 503 g/mol. The molecule has 0 aromatic heterocycles. The molecule has 5 N–H and O–H groups in total. The van der Waals surface area contributed by atoms with E-state index in [4.69, 9.17) is 16.3 Å². The van der Waals surface area contributed by atoms with Gasteiger partial charge >= 0.3 is 5.97 Å². The van der Waals surface area contributed by atoms with Gasteiger partial charge in [0, 0.05) is 38.2 Å². The second-order valence-corrected chi connectivity index (χ2v) is 10.1. The molecule has 0 amide bonds. The maximum absolute atomic E-state index is 11.9. The summed E-state index contributed by atoms with van der Waals surface area (Å²) in [5.41, 5.74) is 14.0. The second kappa shape index (κ2) is 11.2. The molecule has 0 bridgehead atoms. The first-order valence-electron chi connectivity index (χ1n) is 12.8. The van der Waals surface area contributed by atoms with Crippen molar-refractivity contribution >= 4 is 17.3 Å². The number of carboxylic acid groups (broad SMARTS) is 1. The van der Waals surface area contributed by atoms with Gasteiger partial charge in [0.1, 0.15) is 11.9 Å². The number of ether oxygens (including phenoxy) is 1. The zero-order valence-electron chi connectivity index (χ0n) is 22.2. The van der Waals surface area contributed by atoms with Crippen LogP contribution in [0.2, 0.25) is 0 Å². The standard InChI is InChI=1S/C30H38N4O3/c1-5-24-18-34(16-22-8-6-7-9-28(22)37-24)17-23-14-21(11-10-19(23)2)26(15-29(35)36)25-12-13-27(33(4)32)30(31)20(25)3/h6-14,24,26H,5,15-18,31-32H2,1-4H3,(H,35,36). The fourth-order valence-corrected chi connectivity index (χ4v) is 5.21. The number of hydrogen-bond acceptors (Lipinski definition) is 6. The molecule has 37 heavy (non-hydrogen) atoms. The van der Waals surface area contributed by atoms with E-state index < -0.39 is 5.97 Å². The van der Waals surface area contributed by atoms with Crippen molar-refractivity contribution in [2.45, 2.75) is 58.7 Å². The molecule has 1 aliphatic rings. The van der Waals surface area contributed by atoms with Gasteiger partial charge in [0.15, 0.2) is 0 Å². The summed E-state index contributed by atoms with van der Waals surface area (Å²) in [7, 11) is 1.74. The molecule has 7 nitrogen and oxygen atoms in total. The van der Waals surface area contributed by atoms with Crippen LogP contribution in [0.15, 0.2) is 54.6 Å². The SMILES string of the molecule is CCC1CN(Cc2cc(C(CC(=O)O)c3ccc(N(C)N)c(N)c3C)ccc2C)Cc2ccccc2O1. The minimum absolute atomic E-state index is 0.0244. The van der Waals surface area contributed by atoms with Crippen LogP contribution in [0.4, 0.5) is 11.4 Å². The molecule has 1 aliphatic heterocycles. The van der Waals surface area contributed by atoms with Crippen molar-refractivity contribution in [2.24, 2.45) is 5.84 Å². The van der Waals surface area contributed by atoms with Gasteiger partial charge in [0.25, 0.3) is 0 Å². The van der Waals surface area contributed by atoms with E-state index in [1.165, 1.54) is 21.7 Å². The summed E-state index contributed by atoms with van der Waals surface area (Å²) >= 11 is 0. The van der Waals surface area contributed by atoms with E-state index in [0.29, 0.717) is 11.4 Å². The molecule has 3 aromatic carbocycles. The van der Waals surface area contributed by atoms with Gasteiger partial charge in [-0.2, -0.15) is 0 Å². The molecule has 2 atom stereocenters. The highest BCUT2D eigenvalue weighted by Crippen LogP contribution is 2.37. The summed E-state index contributed by atoms with van der Waals surface area (Å²) in [5.74, 6) is 5.72. The Hall–Kier alpha value is -3.55. The Morgan fingerprint density at radius 3 is 2.65 bits per heavy atom. The zero-order chi connectivity index (χ0) is 26.7. The highest BCUT2D eigenvalue weighted by molar-refractivity contribution is 5.74. The Morgan fingerprint density at radius 1 is 1.19 bits per heavy atom. The van der Waals surface area contributed by atoms with Crippen LogP contribution < -0.4 is 21.3 Å².